The number of hydrazone groups is 1. The molecule has 2 N–H and O–H groups in total. The Kier molecular flexibility index (Phi) is 6.05. The lowest BCUT2D eigenvalue weighted by molar-refractivity contribution is -0.384. The molecule has 28 heavy (non-hydrogen) atoms. The zero-order chi connectivity index (χ0) is 20.1. The van der Waals surface area contributed by atoms with Gasteiger partial charge in [-0.15, -0.1) is 5.10 Å². The van der Waals surface area contributed by atoms with Gasteiger partial charge >= 0.3 is 0 Å². The molecule has 0 amide bonds. The monoisotopic (exact) mass is 396 g/mol. The first-order chi connectivity index (χ1) is 13.4. The van der Waals surface area contributed by atoms with Crippen molar-refractivity contribution in [1.29, 1.82) is 0 Å². The quantitative estimate of drug-likeness (QED) is 0.265. The van der Waals surface area contributed by atoms with Crippen LogP contribution >= 0.6 is 11.8 Å². The van der Waals surface area contributed by atoms with E-state index in [9.17, 15) is 10.1 Å². The summed E-state index contributed by atoms with van der Waals surface area (Å²) in [7, 11) is 0. The Labute approximate surface area is 166 Å². The van der Waals surface area contributed by atoms with Crippen LogP contribution in [0.4, 0.5) is 11.6 Å². The molecule has 8 nitrogen and oxygen atoms in total. The molecule has 0 saturated carbocycles. The summed E-state index contributed by atoms with van der Waals surface area (Å²) in [6.45, 7) is 6.32. The number of anilines is 1. The molecular formula is C19H20N6O2S. The summed E-state index contributed by atoms with van der Waals surface area (Å²) >= 11 is 1.54. The molecular weight excluding hydrogens is 376 g/mol. The van der Waals surface area contributed by atoms with E-state index in [4.69, 9.17) is 0 Å². The molecule has 0 unspecified atom stereocenters. The highest BCUT2D eigenvalue weighted by molar-refractivity contribution is 7.98. The minimum Gasteiger partial charge on any atom is -0.258 e. The first-order valence-corrected chi connectivity index (χ1v) is 9.56. The molecule has 3 rings (SSSR count). The highest BCUT2D eigenvalue weighted by Crippen LogP contribution is 2.25. The smallest absolute Gasteiger partial charge is 0.258 e. The third-order valence-electron chi connectivity index (χ3n) is 4.12. The standard InChI is InChI=1S/C19H20N6O2S/c1-12-7-13(2)17(14(3)8-12)11-28-19-21-18(23-24-19)22-20-10-15-5-4-6-16(9-15)25(26)27/h4-10H,11H2,1-3H3,(H2,21,22,23,24). The Morgan fingerprint density at radius 3 is 2.71 bits per heavy atom. The van der Waals surface area contributed by atoms with E-state index in [2.05, 4.69) is 58.6 Å². The SMILES string of the molecule is Cc1cc(C)c(CSc2n[nH]c(NN=Cc3cccc([N+](=O)[O-])c3)n2)c(C)c1. The van der Waals surface area contributed by atoms with E-state index in [-0.39, 0.29) is 5.69 Å². The summed E-state index contributed by atoms with van der Waals surface area (Å²) in [5.41, 5.74) is 8.46. The lowest BCUT2D eigenvalue weighted by Crippen LogP contribution is -1.94. The van der Waals surface area contributed by atoms with Crippen molar-refractivity contribution < 1.29 is 4.92 Å². The third kappa shape index (κ3) is 4.95. The van der Waals surface area contributed by atoms with Crippen molar-refractivity contribution in [2.75, 3.05) is 5.43 Å². The molecule has 144 valence electrons. The summed E-state index contributed by atoms with van der Waals surface area (Å²) < 4.78 is 0. The van der Waals surface area contributed by atoms with Crippen molar-refractivity contribution in [2.24, 2.45) is 5.10 Å². The molecule has 3 aromatic rings. The highest BCUT2D eigenvalue weighted by atomic mass is 32.2. The topological polar surface area (TPSA) is 109 Å². The maximum absolute atomic E-state index is 10.8. The highest BCUT2D eigenvalue weighted by Gasteiger charge is 2.08. The summed E-state index contributed by atoms with van der Waals surface area (Å²) in [5, 5.41) is 22.4. The Bertz CT molecular complexity index is 1010. The molecule has 0 radical (unpaired) electrons. The molecule has 2 aromatic carbocycles. The predicted octanol–water partition coefficient (Wildman–Crippen LogP) is 4.38. The molecule has 1 heterocycles. The van der Waals surface area contributed by atoms with Crippen LogP contribution in [0, 0.1) is 30.9 Å². The normalized spacial score (nSPS) is 11.1. The largest absolute Gasteiger partial charge is 0.270 e. The second-order valence-corrected chi connectivity index (χ2v) is 7.30. The van der Waals surface area contributed by atoms with Crippen LogP contribution in [-0.2, 0) is 5.75 Å². The Balaban J connectivity index is 1.59. The van der Waals surface area contributed by atoms with E-state index >= 15 is 0 Å². The lowest BCUT2D eigenvalue weighted by Gasteiger charge is -2.09. The van der Waals surface area contributed by atoms with Gasteiger partial charge in [-0.05, 0) is 37.5 Å². The molecule has 0 aliphatic rings. The second kappa shape index (κ2) is 8.66. The van der Waals surface area contributed by atoms with Gasteiger partial charge in [0.25, 0.3) is 5.69 Å². The van der Waals surface area contributed by atoms with E-state index < -0.39 is 4.92 Å². The molecule has 0 atom stereocenters. The number of nitrogens with zero attached hydrogens (tertiary/aromatic N) is 4. The van der Waals surface area contributed by atoms with Crippen molar-refractivity contribution in [3.05, 3.63) is 74.3 Å². The maximum atomic E-state index is 10.8. The number of aryl methyl sites for hydroxylation is 3. The minimum absolute atomic E-state index is 0.0176. The molecule has 0 aliphatic heterocycles. The molecule has 0 spiro atoms. The first-order valence-electron chi connectivity index (χ1n) is 8.58. The summed E-state index contributed by atoms with van der Waals surface area (Å²) in [4.78, 5) is 14.7. The van der Waals surface area contributed by atoms with Gasteiger partial charge in [0.1, 0.15) is 0 Å². The first kappa shape index (κ1) is 19.6. The number of aromatic nitrogens is 3. The van der Waals surface area contributed by atoms with Gasteiger partial charge in [0, 0.05) is 23.4 Å². The number of rotatable bonds is 7. The van der Waals surface area contributed by atoms with Gasteiger partial charge in [0.2, 0.25) is 11.1 Å². The number of nitro groups is 1. The van der Waals surface area contributed by atoms with Crippen LogP contribution in [0.5, 0.6) is 0 Å². The summed E-state index contributed by atoms with van der Waals surface area (Å²) in [5.74, 6) is 1.19. The lowest BCUT2D eigenvalue weighted by atomic mass is 10.0. The van der Waals surface area contributed by atoms with Crippen molar-refractivity contribution in [1.82, 2.24) is 15.2 Å². The van der Waals surface area contributed by atoms with Crippen molar-refractivity contribution in [3.8, 4) is 0 Å². The van der Waals surface area contributed by atoms with Crippen LogP contribution in [0.15, 0.2) is 46.7 Å². The molecule has 0 aliphatic carbocycles. The van der Waals surface area contributed by atoms with Gasteiger partial charge in [-0.3, -0.25) is 10.1 Å². The van der Waals surface area contributed by atoms with Gasteiger partial charge in [-0.2, -0.15) is 10.1 Å². The Hall–Kier alpha value is -3.20. The third-order valence-corrected chi connectivity index (χ3v) is 4.99. The molecule has 1 aromatic heterocycles. The van der Waals surface area contributed by atoms with Crippen LogP contribution in [0.25, 0.3) is 0 Å². The van der Waals surface area contributed by atoms with Crippen LogP contribution in [0.1, 0.15) is 27.8 Å². The number of nitro benzene ring substituents is 1. The number of aromatic amines is 1. The summed E-state index contributed by atoms with van der Waals surface area (Å²) in [6, 6.07) is 10.6. The Morgan fingerprint density at radius 2 is 2.00 bits per heavy atom. The molecule has 0 fully saturated rings. The van der Waals surface area contributed by atoms with Crippen LogP contribution in [0.3, 0.4) is 0 Å². The van der Waals surface area contributed by atoms with E-state index in [0.717, 1.165) is 5.75 Å². The van der Waals surface area contributed by atoms with E-state index in [1.807, 2.05) is 0 Å². The fourth-order valence-electron chi connectivity index (χ4n) is 2.82. The fourth-order valence-corrected chi connectivity index (χ4v) is 3.82. The fraction of sp³-hybridized carbons (Fsp3) is 0.211. The zero-order valence-electron chi connectivity index (χ0n) is 15.8. The zero-order valence-corrected chi connectivity index (χ0v) is 16.6. The van der Waals surface area contributed by atoms with Crippen molar-refractivity contribution in [3.63, 3.8) is 0 Å². The number of thioether (sulfide) groups is 1. The average molecular weight is 396 g/mol. The van der Waals surface area contributed by atoms with Gasteiger partial charge in [0.05, 0.1) is 11.1 Å². The van der Waals surface area contributed by atoms with E-state index in [1.54, 1.807) is 23.9 Å². The minimum atomic E-state index is -0.442. The number of hydrogen-bond donors (Lipinski definition) is 2. The average Bonchev–Trinajstić information content (AvgIpc) is 3.09. The molecule has 0 saturated heterocycles. The van der Waals surface area contributed by atoms with Gasteiger partial charge < -0.3 is 0 Å². The van der Waals surface area contributed by atoms with Gasteiger partial charge in [-0.25, -0.2) is 10.5 Å². The molecule has 9 heteroatoms. The van der Waals surface area contributed by atoms with Gasteiger partial charge in [-0.1, -0.05) is 41.6 Å². The van der Waals surface area contributed by atoms with E-state index in [0.29, 0.717) is 16.7 Å². The van der Waals surface area contributed by atoms with Crippen LogP contribution < -0.4 is 5.43 Å². The predicted molar refractivity (Wildman–Crippen MR) is 111 cm³/mol. The van der Waals surface area contributed by atoms with Crippen LogP contribution in [0.2, 0.25) is 0 Å². The second-order valence-electron chi connectivity index (χ2n) is 6.35. The maximum Gasteiger partial charge on any atom is 0.270 e. The Morgan fingerprint density at radius 1 is 1.25 bits per heavy atom. The van der Waals surface area contributed by atoms with Crippen LogP contribution in [-0.4, -0.2) is 26.3 Å². The number of non-ortho nitro benzene ring substituents is 1. The van der Waals surface area contributed by atoms with Gasteiger partial charge in [0.15, 0.2) is 0 Å². The van der Waals surface area contributed by atoms with E-state index in [1.165, 1.54) is 40.6 Å². The number of benzene rings is 2. The number of hydrogen-bond acceptors (Lipinski definition) is 7. The summed E-state index contributed by atoms with van der Waals surface area (Å²) in [6.07, 6.45) is 1.49. The van der Waals surface area contributed by atoms with Crippen molar-refractivity contribution in [2.45, 2.75) is 31.7 Å². The number of H-pyrrole nitrogens is 1. The number of nitrogens with one attached hydrogen (secondary N) is 2. The molecule has 0 bridgehead atoms. The van der Waals surface area contributed by atoms with Crippen molar-refractivity contribution >= 4 is 29.6 Å².